The number of likely N-dealkylation sites (N-methyl/N-ethyl adjacent to an activating group) is 2. The van der Waals surface area contributed by atoms with Gasteiger partial charge in [-0.2, -0.15) is 0 Å². The van der Waals surface area contributed by atoms with Crippen LogP contribution in [0.1, 0.15) is 18.4 Å². The second-order valence-electron chi connectivity index (χ2n) is 5.15. The van der Waals surface area contributed by atoms with Crippen LogP contribution in [-0.2, 0) is 6.42 Å². The first-order valence-corrected chi connectivity index (χ1v) is 6.86. The summed E-state index contributed by atoms with van der Waals surface area (Å²) < 4.78 is 6.08. The Morgan fingerprint density at radius 3 is 3.11 bits per heavy atom. The molecule has 1 heterocycles. The minimum atomic E-state index is 0.350. The maximum atomic E-state index is 6.08. The van der Waals surface area contributed by atoms with Crippen molar-refractivity contribution in [1.29, 1.82) is 0 Å². The van der Waals surface area contributed by atoms with E-state index in [4.69, 9.17) is 4.74 Å². The third-order valence-electron chi connectivity index (χ3n) is 3.45. The molecular weight excluding hydrogens is 224 g/mol. The van der Waals surface area contributed by atoms with Gasteiger partial charge >= 0.3 is 0 Å². The molecule has 0 aromatic heterocycles. The Labute approximate surface area is 110 Å². The molecule has 1 saturated heterocycles. The maximum absolute atomic E-state index is 6.08. The Balaban J connectivity index is 1.91. The normalized spacial score (nSPS) is 20.9. The summed E-state index contributed by atoms with van der Waals surface area (Å²) in [6.45, 7) is 3.25. The molecule has 1 aromatic rings. The third kappa shape index (κ3) is 4.00. The molecule has 3 nitrogen and oxygen atoms in total. The van der Waals surface area contributed by atoms with E-state index in [9.17, 15) is 0 Å². The predicted molar refractivity (Wildman–Crippen MR) is 75.2 cm³/mol. The molecular formula is C15H24N2O. The van der Waals surface area contributed by atoms with E-state index in [0.717, 1.165) is 25.3 Å². The van der Waals surface area contributed by atoms with Gasteiger partial charge in [0.15, 0.2) is 0 Å². The molecule has 0 radical (unpaired) electrons. The Bertz CT molecular complexity index is 367. The largest absolute Gasteiger partial charge is 0.489 e. The molecule has 0 saturated carbocycles. The highest BCUT2D eigenvalue weighted by atomic mass is 16.5. The Morgan fingerprint density at radius 2 is 2.33 bits per heavy atom. The van der Waals surface area contributed by atoms with Gasteiger partial charge in [-0.05, 0) is 64.1 Å². The van der Waals surface area contributed by atoms with Crippen LogP contribution in [-0.4, -0.2) is 44.7 Å². The van der Waals surface area contributed by atoms with E-state index in [-0.39, 0.29) is 0 Å². The highest BCUT2D eigenvalue weighted by Crippen LogP contribution is 2.19. The molecule has 0 bridgehead atoms. The van der Waals surface area contributed by atoms with E-state index in [1.807, 2.05) is 7.05 Å². The van der Waals surface area contributed by atoms with Gasteiger partial charge < -0.3 is 15.0 Å². The van der Waals surface area contributed by atoms with Gasteiger partial charge in [-0.25, -0.2) is 0 Å². The van der Waals surface area contributed by atoms with Crippen molar-refractivity contribution < 1.29 is 4.74 Å². The van der Waals surface area contributed by atoms with Gasteiger partial charge in [0.2, 0.25) is 0 Å². The first kappa shape index (κ1) is 13.4. The number of likely N-dealkylation sites (tertiary alicyclic amines) is 1. The SMILES string of the molecule is CNCCc1cccc(OC2CCCN(C)C2)c1. The summed E-state index contributed by atoms with van der Waals surface area (Å²) in [6, 6.07) is 8.49. The van der Waals surface area contributed by atoms with Crippen molar-refractivity contribution in [2.45, 2.75) is 25.4 Å². The average molecular weight is 248 g/mol. The molecule has 0 aliphatic carbocycles. The van der Waals surface area contributed by atoms with Gasteiger partial charge in [0, 0.05) is 6.54 Å². The lowest BCUT2D eigenvalue weighted by Gasteiger charge is -2.30. The van der Waals surface area contributed by atoms with E-state index in [1.54, 1.807) is 0 Å². The second-order valence-corrected chi connectivity index (χ2v) is 5.15. The van der Waals surface area contributed by atoms with Gasteiger partial charge in [0.1, 0.15) is 11.9 Å². The van der Waals surface area contributed by atoms with Crippen LogP contribution in [0, 0.1) is 0 Å². The van der Waals surface area contributed by atoms with Crippen molar-refractivity contribution >= 4 is 0 Å². The molecule has 100 valence electrons. The van der Waals surface area contributed by atoms with E-state index in [0.29, 0.717) is 6.10 Å². The summed E-state index contributed by atoms with van der Waals surface area (Å²) in [5.41, 5.74) is 1.34. The van der Waals surface area contributed by atoms with Crippen LogP contribution < -0.4 is 10.1 Å². The molecule has 1 unspecified atom stereocenters. The van der Waals surface area contributed by atoms with Crippen molar-refractivity contribution in [2.75, 3.05) is 33.7 Å². The quantitative estimate of drug-likeness (QED) is 0.861. The fraction of sp³-hybridized carbons (Fsp3) is 0.600. The first-order valence-electron chi connectivity index (χ1n) is 6.86. The minimum Gasteiger partial charge on any atom is -0.489 e. The van der Waals surface area contributed by atoms with Crippen LogP contribution in [0.15, 0.2) is 24.3 Å². The highest BCUT2D eigenvalue weighted by molar-refractivity contribution is 5.29. The lowest BCUT2D eigenvalue weighted by Crippen LogP contribution is -2.38. The zero-order chi connectivity index (χ0) is 12.8. The molecule has 0 spiro atoms. The molecule has 1 atom stereocenters. The van der Waals surface area contributed by atoms with Crippen LogP contribution in [0.5, 0.6) is 5.75 Å². The standard InChI is InChI=1S/C15H24N2O/c1-16-9-8-13-5-3-6-14(11-13)18-15-7-4-10-17(2)12-15/h3,5-6,11,15-16H,4,7-10,12H2,1-2H3. The second kappa shape index (κ2) is 6.76. The van der Waals surface area contributed by atoms with E-state index < -0.39 is 0 Å². The summed E-state index contributed by atoms with van der Waals surface area (Å²) in [5.74, 6) is 1.02. The van der Waals surface area contributed by atoms with Crippen LogP contribution in [0.2, 0.25) is 0 Å². The smallest absolute Gasteiger partial charge is 0.120 e. The monoisotopic (exact) mass is 248 g/mol. The molecule has 2 rings (SSSR count). The molecule has 1 aliphatic rings. The van der Waals surface area contributed by atoms with Crippen LogP contribution in [0.25, 0.3) is 0 Å². The highest BCUT2D eigenvalue weighted by Gasteiger charge is 2.18. The number of ether oxygens (including phenoxy) is 1. The summed E-state index contributed by atoms with van der Waals surface area (Å²) in [6.07, 6.45) is 3.81. The van der Waals surface area contributed by atoms with E-state index in [1.165, 1.54) is 24.9 Å². The van der Waals surface area contributed by atoms with Crippen molar-refractivity contribution in [3.05, 3.63) is 29.8 Å². The zero-order valence-corrected chi connectivity index (χ0v) is 11.5. The summed E-state index contributed by atoms with van der Waals surface area (Å²) in [4.78, 5) is 2.35. The molecule has 0 amide bonds. The number of hydrogen-bond donors (Lipinski definition) is 1. The molecule has 1 aliphatic heterocycles. The Kier molecular flexibility index (Phi) is 5.02. The third-order valence-corrected chi connectivity index (χ3v) is 3.45. The summed E-state index contributed by atoms with van der Waals surface area (Å²) >= 11 is 0. The molecule has 1 N–H and O–H groups in total. The number of rotatable bonds is 5. The fourth-order valence-electron chi connectivity index (χ4n) is 2.45. The van der Waals surface area contributed by atoms with Crippen LogP contribution in [0.4, 0.5) is 0 Å². The minimum absolute atomic E-state index is 0.350. The van der Waals surface area contributed by atoms with Crippen LogP contribution >= 0.6 is 0 Å². The van der Waals surface area contributed by atoms with Gasteiger partial charge in [-0.3, -0.25) is 0 Å². The fourth-order valence-corrected chi connectivity index (χ4v) is 2.45. The maximum Gasteiger partial charge on any atom is 0.120 e. The molecule has 3 heteroatoms. The van der Waals surface area contributed by atoms with Crippen molar-refractivity contribution in [1.82, 2.24) is 10.2 Å². The average Bonchev–Trinajstić information content (AvgIpc) is 2.37. The number of nitrogens with zero attached hydrogens (tertiary/aromatic N) is 1. The first-order chi connectivity index (χ1) is 8.78. The lowest BCUT2D eigenvalue weighted by molar-refractivity contribution is 0.104. The van der Waals surface area contributed by atoms with Crippen LogP contribution in [0.3, 0.4) is 0 Å². The van der Waals surface area contributed by atoms with Crippen molar-refractivity contribution in [2.24, 2.45) is 0 Å². The molecule has 1 aromatic carbocycles. The summed E-state index contributed by atoms with van der Waals surface area (Å²) in [5, 5.41) is 3.18. The predicted octanol–water partition coefficient (Wildman–Crippen LogP) is 1.92. The van der Waals surface area contributed by atoms with Crippen molar-refractivity contribution in [3.8, 4) is 5.75 Å². The van der Waals surface area contributed by atoms with Gasteiger partial charge in [0.05, 0.1) is 0 Å². The van der Waals surface area contributed by atoms with Gasteiger partial charge in [-0.15, -0.1) is 0 Å². The van der Waals surface area contributed by atoms with Gasteiger partial charge in [0.25, 0.3) is 0 Å². The lowest BCUT2D eigenvalue weighted by atomic mass is 10.1. The number of hydrogen-bond acceptors (Lipinski definition) is 3. The Hall–Kier alpha value is -1.06. The van der Waals surface area contributed by atoms with E-state index >= 15 is 0 Å². The topological polar surface area (TPSA) is 24.5 Å². The number of piperidine rings is 1. The Morgan fingerprint density at radius 1 is 1.44 bits per heavy atom. The van der Waals surface area contributed by atoms with Gasteiger partial charge in [-0.1, -0.05) is 12.1 Å². The van der Waals surface area contributed by atoms with Crippen molar-refractivity contribution in [3.63, 3.8) is 0 Å². The molecule has 18 heavy (non-hydrogen) atoms. The zero-order valence-electron chi connectivity index (χ0n) is 11.5. The number of benzene rings is 1. The summed E-state index contributed by atoms with van der Waals surface area (Å²) in [7, 11) is 4.15. The molecule has 1 fully saturated rings. The number of nitrogens with one attached hydrogen (secondary N) is 1. The van der Waals surface area contributed by atoms with E-state index in [2.05, 4.69) is 41.5 Å².